The minimum atomic E-state index is 0.165. The lowest BCUT2D eigenvalue weighted by Gasteiger charge is -2.19. The SMILES string of the molecule is CC(C)(C)NCCCc1ncc(-c2ccoc2)o1. The van der Waals surface area contributed by atoms with Gasteiger partial charge < -0.3 is 14.2 Å². The highest BCUT2D eigenvalue weighted by molar-refractivity contribution is 5.53. The molecule has 0 atom stereocenters. The average molecular weight is 248 g/mol. The van der Waals surface area contributed by atoms with Gasteiger partial charge in [0.25, 0.3) is 0 Å². The molecule has 0 amide bonds. The van der Waals surface area contributed by atoms with Crippen molar-refractivity contribution in [2.75, 3.05) is 6.54 Å². The smallest absolute Gasteiger partial charge is 0.194 e. The van der Waals surface area contributed by atoms with E-state index in [1.54, 1.807) is 18.7 Å². The van der Waals surface area contributed by atoms with E-state index < -0.39 is 0 Å². The Morgan fingerprint density at radius 2 is 2.17 bits per heavy atom. The van der Waals surface area contributed by atoms with E-state index in [-0.39, 0.29) is 5.54 Å². The molecule has 2 rings (SSSR count). The van der Waals surface area contributed by atoms with E-state index in [1.807, 2.05) is 6.07 Å². The van der Waals surface area contributed by atoms with Crippen LogP contribution in [0.5, 0.6) is 0 Å². The topological polar surface area (TPSA) is 51.2 Å². The summed E-state index contributed by atoms with van der Waals surface area (Å²) in [4.78, 5) is 4.27. The van der Waals surface area contributed by atoms with Crippen molar-refractivity contribution in [3.63, 3.8) is 0 Å². The summed E-state index contributed by atoms with van der Waals surface area (Å²) in [5.41, 5.74) is 1.10. The Kier molecular flexibility index (Phi) is 3.87. The summed E-state index contributed by atoms with van der Waals surface area (Å²) in [5.74, 6) is 1.55. The summed E-state index contributed by atoms with van der Waals surface area (Å²) >= 11 is 0. The molecule has 4 nitrogen and oxygen atoms in total. The molecule has 0 spiro atoms. The van der Waals surface area contributed by atoms with E-state index in [4.69, 9.17) is 8.83 Å². The van der Waals surface area contributed by atoms with E-state index in [1.165, 1.54) is 0 Å². The molecule has 98 valence electrons. The Balaban J connectivity index is 1.81. The molecule has 2 aromatic heterocycles. The van der Waals surface area contributed by atoms with Crippen LogP contribution in [-0.2, 0) is 6.42 Å². The molecular formula is C14H20N2O2. The summed E-state index contributed by atoms with van der Waals surface area (Å²) in [6.45, 7) is 7.45. The van der Waals surface area contributed by atoms with Crippen molar-refractivity contribution in [1.82, 2.24) is 10.3 Å². The van der Waals surface area contributed by atoms with Crippen LogP contribution in [-0.4, -0.2) is 17.1 Å². The lowest BCUT2D eigenvalue weighted by molar-refractivity contribution is 0.412. The number of nitrogens with one attached hydrogen (secondary N) is 1. The van der Waals surface area contributed by atoms with Gasteiger partial charge in [-0.2, -0.15) is 0 Å². The van der Waals surface area contributed by atoms with E-state index in [0.29, 0.717) is 0 Å². The minimum absolute atomic E-state index is 0.165. The van der Waals surface area contributed by atoms with Gasteiger partial charge >= 0.3 is 0 Å². The summed E-state index contributed by atoms with van der Waals surface area (Å²) in [7, 11) is 0. The van der Waals surface area contributed by atoms with Crippen molar-refractivity contribution in [2.24, 2.45) is 0 Å². The van der Waals surface area contributed by atoms with E-state index in [0.717, 1.165) is 36.6 Å². The molecule has 1 N–H and O–H groups in total. The van der Waals surface area contributed by atoms with E-state index in [9.17, 15) is 0 Å². The number of hydrogen-bond acceptors (Lipinski definition) is 4. The third-order valence-corrected chi connectivity index (χ3v) is 2.58. The largest absolute Gasteiger partial charge is 0.472 e. The predicted molar refractivity (Wildman–Crippen MR) is 70.3 cm³/mol. The fraction of sp³-hybridized carbons (Fsp3) is 0.500. The number of aryl methyl sites for hydroxylation is 1. The molecule has 0 bridgehead atoms. The van der Waals surface area contributed by atoms with Gasteiger partial charge in [-0.25, -0.2) is 4.98 Å². The normalized spacial score (nSPS) is 11.9. The van der Waals surface area contributed by atoms with E-state index >= 15 is 0 Å². The third-order valence-electron chi connectivity index (χ3n) is 2.58. The monoisotopic (exact) mass is 248 g/mol. The van der Waals surface area contributed by atoms with Crippen LogP contribution in [0.4, 0.5) is 0 Å². The fourth-order valence-corrected chi connectivity index (χ4v) is 1.67. The highest BCUT2D eigenvalue weighted by Crippen LogP contribution is 2.20. The zero-order valence-electron chi connectivity index (χ0n) is 11.2. The van der Waals surface area contributed by atoms with E-state index in [2.05, 4.69) is 31.1 Å². The second kappa shape index (κ2) is 5.40. The maximum Gasteiger partial charge on any atom is 0.194 e. The molecule has 0 unspecified atom stereocenters. The third kappa shape index (κ3) is 3.74. The Morgan fingerprint density at radius 1 is 1.33 bits per heavy atom. The molecule has 0 aliphatic heterocycles. The van der Waals surface area contributed by atoms with Gasteiger partial charge in [0.1, 0.15) is 6.26 Å². The number of hydrogen-bond donors (Lipinski definition) is 1. The molecule has 0 fully saturated rings. The Bertz CT molecular complexity index is 466. The van der Waals surface area contributed by atoms with Crippen LogP contribution in [0.2, 0.25) is 0 Å². The number of furan rings is 1. The van der Waals surface area contributed by atoms with Gasteiger partial charge in [0.05, 0.1) is 18.0 Å². The molecular weight excluding hydrogens is 228 g/mol. The molecule has 0 saturated heterocycles. The van der Waals surface area contributed by atoms with Crippen molar-refractivity contribution in [1.29, 1.82) is 0 Å². The van der Waals surface area contributed by atoms with Gasteiger partial charge in [-0.05, 0) is 39.8 Å². The molecule has 0 radical (unpaired) electrons. The molecule has 0 aliphatic carbocycles. The first-order valence-corrected chi connectivity index (χ1v) is 6.27. The highest BCUT2D eigenvalue weighted by atomic mass is 16.4. The van der Waals surface area contributed by atoms with Crippen molar-refractivity contribution in [2.45, 2.75) is 39.2 Å². The van der Waals surface area contributed by atoms with Crippen molar-refractivity contribution >= 4 is 0 Å². The molecule has 0 aromatic carbocycles. The van der Waals surface area contributed by atoms with Crippen LogP contribution in [0.15, 0.2) is 33.6 Å². The number of nitrogens with zero attached hydrogens (tertiary/aromatic N) is 1. The minimum Gasteiger partial charge on any atom is -0.472 e. The predicted octanol–water partition coefficient (Wildman–Crippen LogP) is 3.26. The maximum absolute atomic E-state index is 5.66. The highest BCUT2D eigenvalue weighted by Gasteiger charge is 2.09. The first kappa shape index (κ1) is 12.9. The Labute approximate surface area is 107 Å². The van der Waals surface area contributed by atoms with Gasteiger partial charge in [0, 0.05) is 12.0 Å². The second-order valence-electron chi connectivity index (χ2n) is 5.41. The molecule has 0 aliphatic rings. The Hall–Kier alpha value is -1.55. The first-order chi connectivity index (χ1) is 8.54. The first-order valence-electron chi connectivity index (χ1n) is 6.27. The van der Waals surface area contributed by atoms with Crippen LogP contribution in [0.3, 0.4) is 0 Å². The number of oxazole rings is 1. The van der Waals surface area contributed by atoms with Crippen LogP contribution in [0.1, 0.15) is 33.1 Å². The standard InChI is InChI=1S/C14H20N2O2/c1-14(2,3)16-7-4-5-13-15-9-12(18-13)11-6-8-17-10-11/h6,8-10,16H,4-5,7H2,1-3H3. The molecule has 2 heterocycles. The van der Waals surface area contributed by atoms with Gasteiger partial charge in [-0.15, -0.1) is 0 Å². The lowest BCUT2D eigenvalue weighted by Crippen LogP contribution is -2.36. The molecule has 18 heavy (non-hydrogen) atoms. The second-order valence-corrected chi connectivity index (χ2v) is 5.41. The van der Waals surface area contributed by atoms with Crippen LogP contribution >= 0.6 is 0 Å². The van der Waals surface area contributed by atoms with Gasteiger partial charge in [0.2, 0.25) is 0 Å². The summed E-state index contributed by atoms with van der Waals surface area (Å²) < 4.78 is 10.7. The quantitative estimate of drug-likeness (QED) is 0.825. The van der Waals surface area contributed by atoms with Crippen molar-refractivity contribution in [3.05, 3.63) is 30.7 Å². The summed E-state index contributed by atoms with van der Waals surface area (Å²) in [6.07, 6.45) is 6.90. The number of aromatic nitrogens is 1. The average Bonchev–Trinajstić information content (AvgIpc) is 2.93. The van der Waals surface area contributed by atoms with Crippen molar-refractivity contribution in [3.8, 4) is 11.3 Å². The Morgan fingerprint density at radius 3 is 2.83 bits per heavy atom. The molecule has 2 aromatic rings. The lowest BCUT2D eigenvalue weighted by atomic mass is 10.1. The van der Waals surface area contributed by atoms with Crippen LogP contribution < -0.4 is 5.32 Å². The van der Waals surface area contributed by atoms with Crippen LogP contribution in [0.25, 0.3) is 11.3 Å². The molecule has 0 saturated carbocycles. The molecule has 4 heteroatoms. The van der Waals surface area contributed by atoms with Crippen LogP contribution in [0, 0.1) is 0 Å². The zero-order chi connectivity index (χ0) is 13.0. The van der Waals surface area contributed by atoms with Gasteiger partial charge in [0.15, 0.2) is 11.7 Å². The fourth-order valence-electron chi connectivity index (χ4n) is 1.67. The summed E-state index contributed by atoms with van der Waals surface area (Å²) in [6, 6.07) is 1.87. The van der Waals surface area contributed by atoms with Crippen molar-refractivity contribution < 1.29 is 8.83 Å². The zero-order valence-corrected chi connectivity index (χ0v) is 11.2. The summed E-state index contributed by atoms with van der Waals surface area (Å²) in [5, 5.41) is 3.44. The number of rotatable bonds is 5. The maximum atomic E-state index is 5.66. The van der Waals surface area contributed by atoms with Gasteiger partial charge in [-0.1, -0.05) is 0 Å². The van der Waals surface area contributed by atoms with Gasteiger partial charge in [-0.3, -0.25) is 0 Å².